The maximum Gasteiger partial charge on any atom is 0.0178 e. The van der Waals surface area contributed by atoms with Gasteiger partial charge in [0.05, 0.1) is 0 Å². The number of halogens is 1. The summed E-state index contributed by atoms with van der Waals surface area (Å²) in [7, 11) is 0. The van der Waals surface area contributed by atoms with E-state index < -0.39 is 0 Å². The van der Waals surface area contributed by atoms with Crippen molar-refractivity contribution in [1.29, 1.82) is 0 Å². The zero-order chi connectivity index (χ0) is 8.27. The molecular formula is C10H12Br. The number of rotatable bonds is 2. The average molecular weight is 212 g/mol. The van der Waals surface area contributed by atoms with Crippen molar-refractivity contribution in [2.75, 3.05) is 0 Å². The maximum atomic E-state index is 3.43. The van der Waals surface area contributed by atoms with E-state index in [1.54, 1.807) is 0 Å². The second-order valence-corrected chi connectivity index (χ2v) is 4.05. The summed E-state index contributed by atoms with van der Waals surface area (Å²) in [5.74, 6) is 0.709. The van der Waals surface area contributed by atoms with E-state index in [1.165, 1.54) is 5.56 Å². The van der Waals surface area contributed by atoms with Gasteiger partial charge in [0.1, 0.15) is 0 Å². The van der Waals surface area contributed by atoms with E-state index in [4.69, 9.17) is 0 Å². The number of hydrogen-bond donors (Lipinski definition) is 0. The zero-order valence-electron chi connectivity index (χ0n) is 6.89. The molecule has 0 N–H and O–H groups in total. The van der Waals surface area contributed by atoms with E-state index in [0.717, 1.165) is 10.9 Å². The van der Waals surface area contributed by atoms with Crippen molar-refractivity contribution in [3.8, 4) is 0 Å². The Balaban J connectivity index is 2.71. The predicted octanol–water partition coefficient (Wildman–Crippen LogP) is 3.45. The van der Waals surface area contributed by atoms with Gasteiger partial charge in [-0.2, -0.15) is 0 Å². The minimum atomic E-state index is 0.709. The first-order valence-corrected chi connectivity index (χ1v) is 4.64. The van der Waals surface area contributed by atoms with Crippen LogP contribution in [-0.4, -0.2) is 0 Å². The molecular weight excluding hydrogens is 200 g/mol. The molecule has 1 heteroatoms. The first-order chi connectivity index (χ1) is 5.18. The Kier molecular flexibility index (Phi) is 3.13. The second-order valence-electron chi connectivity index (χ2n) is 3.13. The molecule has 0 heterocycles. The highest BCUT2D eigenvalue weighted by Crippen LogP contribution is 2.13. The summed E-state index contributed by atoms with van der Waals surface area (Å²) in [6, 6.07) is 9.30. The van der Waals surface area contributed by atoms with Gasteiger partial charge in [-0.1, -0.05) is 35.8 Å². The van der Waals surface area contributed by atoms with E-state index >= 15 is 0 Å². The van der Waals surface area contributed by atoms with Gasteiger partial charge >= 0.3 is 0 Å². The van der Waals surface area contributed by atoms with Crippen LogP contribution in [0.2, 0.25) is 0 Å². The molecule has 59 valence electrons. The largest absolute Gasteiger partial charge is 0.0625 e. The normalized spacial score (nSPS) is 10.5. The Labute approximate surface area is 76.8 Å². The van der Waals surface area contributed by atoms with Crippen molar-refractivity contribution in [2.45, 2.75) is 20.3 Å². The Morgan fingerprint density at radius 1 is 1.55 bits per heavy atom. The van der Waals surface area contributed by atoms with E-state index in [0.29, 0.717) is 5.92 Å². The zero-order valence-corrected chi connectivity index (χ0v) is 8.48. The Morgan fingerprint density at radius 2 is 2.27 bits per heavy atom. The first kappa shape index (κ1) is 8.79. The lowest BCUT2D eigenvalue weighted by Gasteiger charge is -2.03. The third-order valence-corrected chi connectivity index (χ3v) is 1.94. The van der Waals surface area contributed by atoms with Crippen LogP contribution in [0, 0.1) is 12.0 Å². The fourth-order valence-electron chi connectivity index (χ4n) is 1.04. The van der Waals surface area contributed by atoms with Gasteiger partial charge in [0.25, 0.3) is 0 Å². The Morgan fingerprint density at radius 3 is 2.82 bits per heavy atom. The molecule has 0 saturated heterocycles. The summed E-state index contributed by atoms with van der Waals surface area (Å²) in [4.78, 5) is 0. The topological polar surface area (TPSA) is 0 Å². The predicted molar refractivity (Wildman–Crippen MR) is 51.5 cm³/mol. The first-order valence-electron chi connectivity index (χ1n) is 3.84. The minimum Gasteiger partial charge on any atom is -0.0625 e. The molecule has 0 nitrogen and oxygen atoms in total. The van der Waals surface area contributed by atoms with Crippen molar-refractivity contribution < 1.29 is 0 Å². The van der Waals surface area contributed by atoms with Crippen molar-refractivity contribution >= 4 is 15.9 Å². The number of hydrogen-bond acceptors (Lipinski definition) is 0. The molecule has 1 radical (unpaired) electrons. The smallest absolute Gasteiger partial charge is 0.0178 e. The molecule has 0 aliphatic rings. The molecule has 0 aliphatic heterocycles. The number of benzene rings is 1. The van der Waals surface area contributed by atoms with Crippen molar-refractivity contribution in [1.82, 2.24) is 0 Å². The van der Waals surface area contributed by atoms with Crippen LogP contribution >= 0.6 is 15.9 Å². The highest BCUT2D eigenvalue weighted by atomic mass is 79.9. The molecule has 0 unspecified atom stereocenters. The molecule has 1 aromatic rings. The monoisotopic (exact) mass is 211 g/mol. The molecule has 11 heavy (non-hydrogen) atoms. The van der Waals surface area contributed by atoms with Crippen LogP contribution in [0.15, 0.2) is 22.7 Å². The van der Waals surface area contributed by atoms with Gasteiger partial charge in [-0.3, -0.25) is 0 Å². The molecule has 0 aliphatic carbocycles. The van der Waals surface area contributed by atoms with Crippen molar-refractivity contribution in [3.63, 3.8) is 0 Å². The van der Waals surface area contributed by atoms with Gasteiger partial charge in [-0.25, -0.2) is 0 Å². The molecule has 0 saturated carbocycles. The van der Waals surface area contributed by atoms with E-state index in [1.807, 2.05) is 12.1 Å². The summed E-state index contributed by atoms with van der Waals surface area (Å²) in [6.45, 7) is 4.43. The van der Waals surface area contributed by atoms with Crippen LogP contribution < -0.4 is 0 Å². The SMILES string of the molecule is CC(C)Cc1[c]ccc(Br)c1. The highest BCUT2D eigenvalue weighted by molar-refractivity contribution is 9.10. The summed E-state index contributed by atoms with van der Waals surface area (Å²) in [5, 5.41) is 0. The molecule has 0 amide bonds. The third kappa shape index (κ3) is 3.06. The van der Waals surface area contributed by atoms with Crippen LogP contribution in [0.25, 0.3) is 0 Å². The van der Waals surface area contributed by atoms with Crippen LogP contribution in [0.4, 0.5) is 0 Å². The van der Waals surface area contributed by atoms with Crippen LogP contribution in [0.3, 0.4) is 0 Å². The van der Waals surface area contributed by atoms with E-state index in [2.05, 4.69) is 41.9 Å². The Hall–Kier alpha value is -0.300. The van der Waals surface area contributed by atoms with Gasteiger partial charge < -0.3 is 0 Å². The van der Waals surface area contributed by atoms with Gasteiger partial charge in [-0.15, -0.1) is 0 Å². The summed E-state index contributed by atoms with van der Waals surface area (Å²) in [5.41, 5.74) is 1.29. The van der Waals surface area contributed by atoms with Crippen molar-refractivity contribution in [2.24, 2.45) is 5.92 Å². The summed E-state index contributed by atoms with van der Waals surface area (Å²) >= 11 is 3.43. The quantitative estimate of drug-likeness (QED) is 0.704. The van der Waals surface area contributed by atoms with Gasteiger partial charge in [0.2, 0.25) is 0 Å². The van der Waals surface area contributed by atoms with E-state index in [9.17, 15) is 0 Å². The van der Waals surface area contributed by atoms with Crippen LogP contribution in [0.1, 0.15) is 19.4 Å². The van der Waals surface area contributed by atoms with Crippen molar-refractivity contribution in [3.05, 3.63) is 34.3 Å². The lowest BCUT2D eigenvalue weighted by atomic mass is 10.0. The minimum absolute atomic E-state index is 0.709. The summed E-state index contributed by atoms with van der Waals surface area (Å²) < 4.78 is 1.15. The highest BCUT2D eigenvalue weighted by Gasteiger charge is 1.97. The standard InChI is InChI=1S/C10H12Br/c1-8(2)6-9-4-3-5-10(11)7-9/h3,5,7-8H,6H2,1-2H3. The Bertz CT molecular complexity index is 228. The average Bonchev–Trinajstić information content (AvgIpc) is 1.85. The van der Waals surface area contributed by atoms with E-state index in [-0.39, 0.29) is 0 Å². The fraction of sp³-hybridized carbons (Fsp3) is 0.400. The molecule has 0 atom stereocenters. The molecule has 0 bridgehead atoms. The lowest BCUT2D eigenvalue weighted by molar-refractivity contribution is 0.646. The van der Waals surface area contributed by atoms with Crippen LogP contribution in [-0.2, 0) is 6.42 Å². The maximum absolute atomic E-state index is 3.43. The van der Waals surface area contributed by atoms with Gasteiger partial charge in [0.15, 0.2) is 0 Å². The molecule has 0 fully saturated rings. The third-order valence-electron chi connectivity index (χ3n) is 1.45. The molecule has 1 aromatic carbocycles. The molecule has 0 aromatic heterocycles. The lowest BCUT2D eigenvalue weighted by Crippen LogP contribution is -1.93. The van der Waals surface area contributed by atoms with Gasteiger partial charge in [-0.05, 0) is 36.1 Å². The molecule has 0 spiro atoms. The van der Waals surface area contributed by atoms with Gasteiger partial charge in [0, 0.05) is 4.47 Å². The molecule has 1 rings (SSSR count). The van der Waals surface area contributed by atoms with Crippen LogP contribution in [0.5, 0.6) is 0 Å². The second kappa shape index (κ2) is 3.91. The summed E-state index contributed by atoms with van der Waals surface area (Å²) in [6.07, 6.45) is 1.11. The fourth-order valence-corrected chi connectivity index (χ4v) is 1.45.